The Morgan fingerprint density at radius 2 is 1.86 bits per heavy atom. The lowest BCUT2D eigenvalue weighted by molar-refractivity contribution is -0.934. The minimum atomic E-state index is -0.235. The number of likely N-dealkylation sites (tertiary alicyclic amines) is 1. The van der Waals surface area contributed by atoms with Gasteiger partial charge in [-0.3, -0.25) is 0 Å². The van der Waals surface area contributed by atoms with Crippen molar-refractivity contribution in [2.75, 3.05) is 32.1 Å². The van der Waals surface area contributed by atoms with Crippen molar-refractivity contribution in [2.45, 2.75) is 32.2 Å². The highest BCUT2D eigenvalue weighted by Gasteiger charge is 2.26. The molecule has 0 unspecified atom stereocenters. The van der Waals surface area contributed by atoms with E-state index in [0.717, 1.165) is 12.3 Å². The van der Waals surface area contributed by atoms with E-state index in [1.165, 1.54) is 44.0 Å². The van der Waals surface area contributed by atoms with Crippen molar-refractivity contribution in [1.82, 2.24) is 5.32 Å². The predicted octanol–water partition coefficient (Wildman–Crippen LogP) is 3.24. The summed E-state index contributed by atoms with van der Waals surface area (Å²) >= 11 is 5.45. The first kappa shape index (κ1) is 20.6. The van der Waals surface area contributed by atoms with Crippen LogP contribution in [-0.2, 0) is 0 Å². The van der Waals surface area contributed by atoms with Crippen molar-refractivity contribution in [3.05, 3.63) is 59.4 Å². The van der Waals surface area contributed by atoms with Crippen LogP contribution in [0.2, 0.25) is 0 Å². The Balaban J connectivity index is 1.66. The van der Waals surface area contributed by atoms with Gasteiger partial charge < -0.3 is 20.3 Å². The zero-order valence-corrected chi connectivity index (χ0v) is 17.4. The standard InChI is InChI=1S/C22H28FN3OS/c1-16-6-9-18(14-20(16)23)25-22(28)24-15-21(26-12-4-3-5-13-26)17-7-10-19(27-2)11-8-17/h6-11,14,21H,3-5,12-13,15H2,1-2H3,(H2,24,25,28)/p+1/t21-/m1/s1. The van der Waals surface area contributed by atoms with Crippen LogP contribution in [0.4, 0.5) is 10.1 Å². The Labute approximate surface area is 172 Å². The molecule has 1 fully saturated rings. The maximum Gasteiger partial charge on any atom is 0.171 e. The third kappa shape index (κ3) is 5.42. The van der Waals surface area contributed by atoms with Gasteiger partial charge in [-0.1, -0.05) is 6.07 Å². The van der Waals surface area contributed by atoms with E-state index >= 15 is 0 Å². The van der Waals surface area contributed by atoms with E-state index in [9.17, 15) is 4.39 Å². The number of halogens is 1. The Bertz CT molecular complexity index is 791. The number of piperidine rings is 1. The highest BCUT2D eigenvalue weighted by Crippen LogP contribution is 2.17. The molecule has 1 saturated heterocycles. The van der Waals surface area contributed by atoms with E-state index in [2.05, 4.69) is 22.8 Å². The number of ether oxygens (including phenoxy) is 1. The van der Waals surface area contributed by atoms with Crippen molar-refractivity contribution >= 4 is 23.0 Å². The predicted molar refractivity (Wildman–Crippen MR) is 116 cm³/mol. The number of rotatable bonds is 6. The summed E-state index contributed by atoms with van der Waals surface area (Å²) in [5.74, 6) is 0.629. The van der Waals surface area contributed by atoms with E-state index in [-0.39, 0.29) is 5.82 Å². The third-order valence-electron chi connectivity index (χ3n) is 5.40. The number of anilines is 1. The first-order valence-corrected chi connectivity index (χ1v) is 10.3. The average molecular weight is 403 g/mol. The van der Waals surface area contributed by atoms with Gasteiger partial charge in [0.2, 0.25) is 0 Å². The van der Waals surface area contributed by atoms with Crippen LogP contribution in [0, 0.1) is 12.7 Å². The summed E-state index contributed by atoms with van der Waals surface area (Å²) in [6, 6.07) is 13.7. The van der Waals surface area contributed by atoms with E-state index in [1.807, 2.05) is 18.2 Å². The Hall–Kier alpha value is -2.18. The summed E-state index contributed by atoms with van der Waals surface area (Å²) < 4.78 is 19.0. The fourth-order valence-electron chi connectivity index (χ4n) is 3.73. The first-order chi connectivity index (χ1) is 13.6. The van der Waals surface area contributed by atoms with Crippen LogP contribution >= 0.6 is 12.2 Å². The van der Waals surface area contributed by atoms with Gasteiger partial charge in [0.1, 0.15) is 17.6 Å². The molecule has 4 nitrogen and oxygen atoms in total. The van der Waals surface area contributed by atoms with Crippen LogP contribution in [0.3, 0.4) is 0 Å². The molecule has 28 heavy (non-hydrogen) atoms. The van der Waals surface area contributed by atoms with Gasteiger partial charge in [-0.2, -0.15) is 0 Å². The smallest absolute Gasteiger partial charge is 0.171 e. The van der Waals surface area contributed by atoms with Crippen LogP contribution in [0.15, 0.2) is 42.5 Å². The first-order valence-electron chi connectivity index (χ1n) is 9.86. The summed E-state index contributed by atoms with van der Waals surface area (Å²) in [7, 11) is 1.68. The molecule has 1 aliphatic heterocycles. The molecule has 3 rings (SSSR count). The second kappa shape index (κ2) is 9.85. The molecule has 0 saturated carbocycles. The zero-order chi connectivity index (χ0) is 19.9. The summed E-state index contributed by atoms with van der Waals surface area (Å²) in [6.07, 6.45) is 3.83. The van der Waals surface area contributed by atoms with Crippen LogP contribution in [0.5, 0.6) is 5.75 Å². The minimum absolute atomic E-state index is 0.235. The molecule has 1 heterocycles. The van der Waals surface area contributed by atoms with Crippen LogP contribution in [-0.4, -0.2) is 31.9 Å². The fraction of sp³-hybridized carbons (Fsp3) is 0.409. The fourth-order valence-corrected chi connectivity index (χ4v) is 3.93. The normalized spacial score (nSPS) is 15.7. The van der Waals surface area contributed by atoms with E-state index in [4.69, 9.17) is 17.0 Å². The zero-order valence-electron chi connectivity index (χ0n) is 16.6. The number of nitrogens with one attached hydrogen (secondary N) is 3. The largest absolute Gasteiger partial charge is 0.497 e. The van der Waals surface area contributed by atoms with Gasteiger partial charge in [-0.15, -0.1) is 0 Å². The second-order valence-electron chi connectivity index (χ2n) is 7.34. The third-order valence-corrected chi connectivity index (χ3v) is 5.65. The van der Waals surface area contributed by atoms with Gasteiger partial charge in [-0.05, 0) is 80.4 Å². The number of aryl methyl sites for hydroxylation is 1. The quantitative estimate of drug-likeness (QED) is 0.649. The van der Waals surface area contributed by atoms with Gasteiger partial charge in [-0.25, -0.2) is 4.39 Å². The van der Waals surface area contributed by atoms with Gasteiger partial charge in [0.05, 0.1) is 26.7 Å². The maximum atomic E-state index is 13.8. The number of thiocarbonyl (C=S) groups is 1. The van der Waals surface area contributed by atoms with E-state index in [0.29, 0.717) is 22.4 Å². The van der Waals surface area contributed by atoms with Crippen molar-refractivity contribution in [2.24, 2.45) is 0 Å². The van der Waals surface area contributed by atoms with Crippen LogP contribution in [0.1, 0.15) is 36.4 Å². The molecule has 2 aromatic carbocycles. The van der Waals surface area contributed by atoms with Crippen LogP contribution < -0.4 is 20.3 Å². The molecule has 0 aromatic heterocycles. The van der Waals surface area contributed by atoms with Crippen molar-refractivity contribution in [3.8, 4) is 5.75 Å². The number of benzene rings is 2. The molecule has 150 valence electrons. The number of methoxy groups -OCH3 is 1. The summed E-state index contributed by atoms with van der Waals surface area (Å²) in [5, 5.41) is 6.94. The molecule has 3 N–H and O–H groups in total. The lowest BCUT2D eigenvalue weighted by Crippen LogP contribution is -3.13. The monoisotopic (exact) mass is 402 g/mol. The van der Waals surface area contributed by atoms with Crippen LogP contribution in [0.25, 0.3) is 0 Å². The number of hydrogen-bond donors (Lipinski definition) is 3. The highest BCUT2D eigenvalue weighted by atomic mass is 32.1. The average Bonchev–Trinajstić information content (AvgIpc) is 2.72. The number of hydrogen-bond acceptors (Lipinski definition) is 2. The van der Waals surface area contributed by atoms with Crippen molar-refractivity contribution in [3.63, 3.8) is 0 Å². The maximum absolute atomic E-state index is 13.8. The Morgan fingerprint density at radius 3 is 2.50 bits per heavy atom. The summed E-state index contributed by atoms with van der Waals surface area (Å²) in [6.45, 7) is 4.81. The van der Waals surface area contributed by atoms with Gasteiger partial charge >= 0.3 is 0 Å². The molecule has 0 aliphatic carbocycles. The summed E-state index contributed by atoms with van der Waals surface area (Å²) in [5.41, 5.74) is 2.55. The summed E-state index contributed by atoms with van der Waals surface area (Å²) in [4.78, 5) is 1.58. The number of quaternary nitrogens is 1. The molecule has 0 spiro atoms. The molecule has 2 aromatic rings. The lowest BCUT2D eigenvalue weighted by atomic mass is 10.0. The topological polar surface area (TPSA) is 37.7 Å². The molecule has 1 aliphatic rings. The van der Waals surface area contributed by atoms with E-state index < -0.39 is 0 Å². The SMILES string of the molecule is COc1ccc([C@@H](CNC(=S)Nc2ccc(C)c(F)c2)[NH+]2CCCCC2)cc1. The van der Waals surface area contributed by atoms with Gasteiger partial charge in [0.15, 0.2) is 5.11 Å². The molecule has 0 radical (unpaired) electrons. The second-order valence-corrected chi connectivity index (χ2v) is 7.75. The lowest BCUT2D eigenvalue weighted by Gasteiger charge is -2.32. The van der Waals surface area contributed by atoms with Crippen molar-refractivity contribution < 1.29 is 14.0 Å². The van der Waals surface area contributed by atoms with Gasteiger partial charge in [0, 0.05) is 11.3 Å². The molecule has 6 heteroatoms. The molecule has 0 bridgehead atoms. The minimum Gasteiger partial charge on any atom is -0.497 e. The Morgan fingerprint density at radius 1 is 1.14 bits per heavy atom. The highest BCUT2D eigenvalue weighted by molar-refractivity contribution is 7.80. The molecule has 1 atom stereocenters. The van der Waals surface area contributed by atoms with E-state index in [1.54, 1.807) is 25.0 Å². The molecular weight excluding hydrogens is 373 g/mol. The van der Waals surface area contributed by atoms with Crippen molar-refractivity contribution in [1.29, 1.82) is 0 Å². The van der Waals surface area contributed by atoms with Gasteiger partial charge in [0.25, 0.3) is 0 Å². The molecule has 0 amide bonds. The Kier molecular flexibility index (Phi) is 7.23. The molecular formula is C22H29FN3OS+.